The molecule has 0 aliphatic heterocycles. The lowest BCUT2D eigenvalue weighted by atomic mass is 10.2. The van der Waals surface area contributed by atoms with Gasteiger partial charge < -0.3 is 15.5 Å². The van der Waals surface area contributed by atoms with Gasteiger partial charge in [0.25, 0.3) is 0 Å². The number of anilines is 1. The first-order valence-electron chi connectivity index (χ1n) is 4.45. The molecule has 0 aromatic heterocycles. The molecule has 0 saturated carbocycles. The molecular weight excluding hydrogens is 278 g/mol. The van der Waals surface area contributed by atoms with Gasteiger partial charge in [-0.15, -0.1) is 0 Å². The Morgan fingerprint density at radius 2 is 2.06 bits per heavy atom. The zero-order valence-electron chi connectivity index (χ0n) is 8.18. The normalized spacial score (nSPS) is 11.8. The summed E-state index contributed by atoms with van der Waals surface area (Å²) in [6.07, 6.45) is -0.470. The fraction of sp³-hybridized carbons (Fsp3) is 0.200. The van der Waals surface area contributed by atoms with Gasteiger partial charge in [-0.25, -0.2) is 4.79 Å². The Labute approximate surface area is 100 Å². The number of hydrogen-bond acceptors (Lipinski definition) is 3. The van der Waals surface area contributed by atoms with Crippen molar-refractivity contribution in [3.63, 3.8) is 0 Å². The highest BCUT2D eigenvalue weighted by atomic mass is 79.9. The molecule has 0 heterocycles. The van der Waals surface area contributed by atoms with Gasteiger partial charge in [0.05, 0.1) is 6.42 Å². The summed E-state index contributed by atoms with van der Waals surface area (Å²) < 4.78 is 0.789. The zero-order valence-corrected chi connectivity index (χ0v) is 9.77. The molecule has 1 rings (SSSR count). The van der Waals surface area contributed by atoms with Crippen LogP contribution in [0, 0.1) is 0 Å². The van der Waals surface area contributed by atoms with E-state index in [9.17, 15) is 9.59 Å². The second kappa shape index (κ2) is 5.50. The Bertz CT molecular complexity index is 408. The lowest BCUT2D eigenvalue weighted by Crippen LogP contribution is -2.31. The summed E-state index contributed by atoms with van der Waals surface area (Å²) in [5, 5.41) is 20.0. The van der Waals surface area contributed by atoms with E-state index < -0.39 is 24.4 Å². The zero-order chi connectivity index (χ0) is 12.1. The largest absolute Gasteiger partial charge is 0.481 e. The van der Waals surface area contributed by atoms with E-state index in [1.807, 2.05) is 0 Å². The molecule has 16 heavy (non-hydrogen) atoms. The standard InChI is InChI=1S/C10H10BrNO4/c11-6-2-1-3-7(4-6)12-8(10(15)16)5-9(13)14/h1-4,8,12H,5H2,(H,13,14)(H,15,16). The molecule has 3 N–H and O–H groups in total. The second-order valence-corrected chi connectivity index (χ2v) is 4.06. The maximum Gasteiger partial charge on any atom is 0.326 e. The molecule has 0 bridgehead atoms. The van der Waals surface area contributed by atoms with Gasteiger partial charge in [-0.1, -0.05) is 22.0 Å². The minimum absolute atomic E-state index is 0.470. The van der Waals surface area contributed by atoms with Crippen LogP contribution in [0.15, 0.2) is 28.7 Å². The maximum atomic E-state index is 10.8. The number of carboxylic acid groups (broad SMARTS) is 2. The summed E-state index contributed by atoms with van der Waals surface area (Å²) in [5.41, 5.74) is 0.558. The van der Waals surface area contributed by atoms with Crippen molar-refractivity contribution in [3.8, 4) is 0 Å². The van der Waals surface area contributed by atoms with Gasteiger partial charge in [0.2, 0.25) is 0 Å². The Balaban J connectivity index is 2.75. The van der Waals surface area contributed by atoms with Crippen LogP contribution in [0.3, 0.4) is 0 Å². The summed E-state index contributed by atoms with van der Waals surface area (Å²) in [7, 11) is 0. The van der Waals surface area contributed by atoms with Gasteiger partial charge in [-0.2, -0.15) is 0 Å². The van der Waals surface area contributed by atoms with Crippen molar-refractivity contribution in [2.75, 3.05) is 5.32 Å². The number of halogens is 1. The number of carboxylic acids is 2. The van der Waals surface area contributed by atoms with Crippen molar-refractivity contribution in [2.24, 2.45) is 0 Å². The summed E-state index contributed by atoms with van der Waals surface area (Å²) in [6, 6.07) is 5.73. The average Bonchev–Trinajstić information content (AvgIpc) is 2.15. The van der Waals surface area contributed by atoms with Crippen LogP contribution in [-0.4, -0.2) is 28.2 Å². The van der Waals surface area contributed by atoms with Crippen molar-refractivity contribution in [1.82, 2.24) is 0 Å². The van der Waals surface area contributed by atoms with E-state index in [2.05, 4.69) is 21.2 Å². The summed E-state index contributed by atoms with van der Waals surface area (Å²) >= 11 is 3.24. The molecule has 1 aromatic rings. The van der Waals surface area contributed by atoms with E-state index in [1.54, 1.807) is 24.3 Å². The smallest absolute Gasteiger partial charge is 0.326 e. The molecule has 0 aliphatic rings. The first-order chi connectivity index (χ1) is 7.49. The Kier molecular flexibility index (Phi) is 4.30. The lowest BCUT2D eigenvalue weighted by Gasteiger charge is -2.13. The molecule has 0 amide bonds. The van der Waals surface area contributed by atoms with Crippen molar-refractivity contribution in [2.45, 2.75) is 12.5 Å². The first kappa shape index (κ1) is 12.5. The molecule has 0 radical (unpaired) electrons. The summed E-state index contributed by atoms with van der Waals surface area (Å²) in [6.45, 7) is 0. The van der Waals surface area contributed by atoms with Crippen LogP contribution < -0.4 is 5.32 Å². The van der Waals surface area contributed by atoms with Crippen LogP contribution in [0.2, 0.25) is 0 Å². The van der Waals surface area contributed by atoms with E-state index in [4.69, 9.17) is 10.2 Å². The highest BCUT2D eigenvalue weighted by Crippen LogP contribution is 2.17. The molecule has 0 spiro atoms. The molecule has 1 unspecified atom stereocenters. The number of benzene rings is 1. The molecule has 5 nitrogen and oxygen atoms in total. The second-order valence-electron chi connectivity index (χ2n) is 3.14. The van der Waals surface area contributed by atoms with Crippen LogP contribution in [0.5, 0.6) is 0 Å². The Morgan fingerprint density at radius 1 is 1.38 bits per heavy atom. The predicted octanol–water partition coefficient (Wildman–Crippen LogP) is 1.79. The third-order valence-electron chi connectivity index (χ3n) is 1.84. The van der Waals surface area contributed by atoms with E-state index in [-0.39, 0.29) is 0 Å². The van der Waals surface area contributed by atoms with Gasteiger partial charge in [0.1, 0.15) is 6.04 Å². The third-order valence-corrected chi connectivity index (χ3v) is 2.34. The number of nitrogens with one attached hydrogen (secondary N) is 1. The molecule has 0 saturated heterocycles. The van der Waals surface area contributed by atoms with Crippen LogP contribution in [0.25, 0.3) is 0 Å². The SMILES string of the molecule is O=C(O)CC(Nc1cccc(Br)c1)C(=O)O. The Hall–Kier alpha value is -1.56. The molecular formula is C10H10BrNO4. The van der Waals surface area contributed by atoms with Crippen LogP contribution >= 0.6 is 15.9 Å². The topological polar surface area (TPSA) is 86.6 Å². The molecule has 86 valence electrons. The molecule has 0 fully saturated rings. The first-order valence-corrected chi connectivity index (χ1v) is 5.25. The number of hydrogen-bond donors (Lipinski definition) is 3. The van der Waals surface area contributed by atoms with E-state index in [1.165, 1.54) is 0 Å². The average molecular weight is 288 g/mol. The van der Waals surface area contributed by atoms with Crippen LogP contribution in [-0.2, 0) is 9.59 Å². The van der Waals surface area contributed by atoms with Crippen molar-refractivity contribution in [1.29, 1.82) is 0 Å². The predicted molar refractivity (Wildman–Crippen MR) is 61.4 cm³/mol. The monoisotopic (exact) mass is 287 g/mol. The fourth-order valence-electron chi connectivity index (χ4n) is 1.15. The highest BCUT2D eigenvalue weighted by molar-refractivity contribution is 9.10. The van der Waals surface area contributed by atoms with Gasteiger partial charge in [0.15, 0.2) is 0 Å². The maximum absolute atomic E-state index is 10.8. The molecule has 0 aliphatic carbocycles. The van der Waals surface area contributed by atoms with E-state index in [0.717, 1.165) is 4.47 Å². The quantitative estimate of drug-likeness (QED) is 0.769. The van der Waals surface area contributed by atoms with Gasteiger partial charge >= 0.3 is 11.9 Å². The van der Waals surface area contributed by atoms with Gasteiger partial charge in [-0.05, 0) is 18.2 Å². The third kappa shape index (κ3) is 3.90. The van der Waals surface area contributed by atoms with Crippen molar-refractivity contribution < 1.29 is 19.8 Å². The highest BCUT2D eigenvalue weighted by Gasteiger charge is 2.20. The number of carbonyl (C=O) groups is 2. The Morgan fingerprint density at radius 3 is 2.56 bits per heavy atom. The minimum atomic E-state index is -1.19. The van der Waals surface area contributed by atoms with Gasteiger partial charge in [0, 0.05) is 10.2 Å². The van der Waals surface area contributed by atoms with Crippen LogP contribution in [0.4, 0.5) is 5.69 Å². The van der Waals surface area contributed by atoms with Gasteiger partial charge in [-0.3, -0.25) is 4.79 Å². The van der Waals surface area contributed by atoms with E-state index in [0.29, 0.717) is 5.69 Å². The van der Waals surface area contributed by atoms with E-state index >= 15 is 0 Å². The fourth-order valence-corrected chi connectivity index (χ4v) is 1.55. The number of rotatable bonds is 5. The molecule has 6 heteroatoms. The van der Waals surface area contributed by atoms with Crippen LogP contribution in [0.1, 0.15) is 6.42 Å². The molecule has 1 atom stereocenters. The van der Waals surface area contributed by atoms with Crippen molar-refractivity contribution in [3.05, 3.63) is 28.7 Å². The minimum Gasteiger partial charge on any atom is -0.481 e. The summed E-state index contributed by atoms with van der Waals surface area (Å²) in [4.78, 5) is 21.2. The van der Waals surface area contributed by atoms with Crippen molar-refractivity contribution >= 4 is 33.6 Å². The number of aliphatic carboxylic acids is 2. The lowest BCUT2D eigenvalue weighted by molar-refractivity contribution is -0.144. The molecule has 1 aromatic carbocycles. The summed E-state index contributed by atoms with van der Waals surface area (Å²) in [5.74, 6) is -2.35.